The van der Waals surface area contributed by atoms with Gasteiger partial charge in [-0.15, -0.1) is 0 Å². The number of hydrogen-bond donors (Lipinski definition) is 1. The number of carbonyl (C=O) groups is 1. The van der Waals surface area contributed by atoms with Crippen LogP contribution in [-0.2, 0) is 4.79 Å². The lowest BCUT2D eigenvalue weighted by atomic mass is 9.89. The lowest BCUT2D eigenvalue weighted by Gasteiger charge is -2.44. The number of fused-ring (bicyclic) bond motifs is 1. The van der Waals surface area contributed by atoms with Crippen molar-refractivity contribution >= 4 is 11.6 Å². The van der Waals surface area contributed by atoms with Gasteiger partial charge in [-0.2, -0.15) is 0 Å². The van der Waals surface area contributed by atoms with Gasteiger partial charge in [-0.05, 0) is 38.9 Å². The van der Waals surface area contributed by atoms with E-state index < -0.39 is 0 Å². The number of nitrogens with zero attached hydrogens (tertiary/aromatic N) is 2. The molecule has 4 nitrogen and oxygen atoms in total. The molecule has 3 atom stereocenters. The summed E-state index contributed by atoms with van der Waals surface area (Å²) in [6, 6.07) is 9.07. The van der Waals surface area contributed by atoms with Crippen LogP contribution in [0.15, 0.2) is 24.3 Å². The summed E-state index contributed by atoms with van der Waals surface area (Å²) in [5, 5.41) is 3.40. The molecule has 114 valence electrons. The van der Waals surface area contributed by atoms with E-state index in [-0.39, 0.29) is 5.92 Å². The molecule has 2 aliphatic heterocycles. The molecule has 1 fully saturated rings. The van der Waals surface area contributed by atoms with Crippen molar-refractivity contribution in [2.45, 2.75) is 38.3 Å². The maximum absolute atomic E-state index is 13.0. The average molecular weight is 287 g/mol. The molecule has 2 heterocycles. The van der Waals surface area contributed by atoms with Crippen LogP contribution in [0.5, 0.6) is 0 Å². The second-order valence-corrected chi connectivity index (χ2v) is 6.46. The number of piperazine rings is 1. The van der Waals surface area contributed by atoms with E-state index in [2.05, 4.69) is 48.1 Å². The fourth-order valence-electron chi connectivity index (χ4n) is 3.53. The van der Waals surface area contributed by atoms with Crippen LogP contribution >= 0.6 is 0 Å². The summed E-state index contributed by atoms with van der Waals surface area (Å²) in [7, 11) is 2.15. The molecule has 0 aromatic heterocycles. The molecular weight excluding hydrogens is 262 g/mol. The topological polar surface area (TPSA) is 35.6 Å². The van der Waals surface area contributed by atoms with Crippen LogP contribution in [0, 0.1) is 0 Å². The average Bonchev–Trinajstić information content (AvgIpc) is 2.51. The molecule has 1 aromatic carbocycles. The van der Waals surface area contributed by atoms with Gasteiger partial charge in [0.25, 0.3) is 0 Å². The van der Waals surface area contributed by atoms with Crippen molar-refractivity contribution in [3.05, 3.63) is 29.8 Å². The van der Waals surface area contributed by atoms with E-state index in [1.807, 2.05) is 12.1 Å². The van der Waals surface area contributed by atoms with Gasteiger partial charge >= 0.3 is 0 Å². The monoisotopic (exact) mass is 287 g/mol. The summed E-state index contributed by atoms with van der Waals surface area (Å²) in [6.45, 7) is 6.96. The van der Waals surface area contributed by atoms with Gasteiger partial charge in [0.2, 0.25) is 5.91 Å². The molecule has 4 heteroatoms. The highest BCUT2D eigenvalue weighted by Gasteiger charge is 2.34. The number of amides is 1. The molecule has 1 saturated heterocycles. The van der Waals surface area contributed by atoms with Crippen molar-refractivity contribution in [1.82, 2.24) is 9.80 Å². The summed E-state index contributed by atoms with van der Waals surface area (Å²) in [6.07, 6.45) is 0.894. The maximum atomic E-state index is 13.0. The maximum Gasteiger partial charge on any atom is 0.230 e. The summed E-state index contributed by atoms with van der Waals surface area (Å²) in [4.78, 5) is 17.4. The molecule has 0 bridgehead atoms. The fourth-order valence-corrected chi connectivity index (χ4v) is 3.53. The number of rotatable bonds is 1. The SMILES string of the molecule is CC1CN(C(=O)C2CCNc3ccccc32)CC(C)N1C. The van der Waals surface area contributed by atoms with Crippen molar-refractivity contribution in [2.75, 3.05) is 32.0 Å². The van der Waals surface area contributed by atoms with Gasteiger partial charge < -0.3 is 10.2 Å². The minimum atomic E-state index is 0.0188. The zero-order chi connectivity index (χ0) is 15.0. The molecule has 0 spiro atoms. The first kappa shape index (κ1) is 14.4. The van der Waals surface area contributed by atoms with E-state index >= 15 is 0 Å². The Kier molecular flexibility index (Phi) is 3.89. The van der Waals surface area contributed by atoms with Crippen LogP contribution in [0.2, 0.25) is 0 Å². The Morgan fingerprint density at radius 2 is 1.86 bits per heavy atom. The summed E-state index contributed by atoms with van der Waals surface area (Å²) >= 11 is 0. The smallest absolute Gasteiger partial charge is 0.230 e. The van der Waals surface area contributed by atoms with Crippen molar-refractivity contribution in [3.8, 4) is 0 Å². The normalized spacial score (nSPS) is 29.7. The highest BCUT2D eigenvalue weighted by Crippen LogP contribution is 2.33. The Labute approximate surface area is 127 Å². The van der Waals surface area contributed by atoms with Crippen molar-refractivity contribution in [1.29, 1.82) is 0 Å². The lowest BCUT2D eigenvalue weighted by molar-refractivity contribution is -0.137. The molecule has 0 radical (unpaired) electrons. The second kappa shape index (κ2) is 5.68. The molecule has 3 unspecified atom stereocenters. The summed E-state index contributed by atoms with van der Waals surface area (Å²) < 4.78 is 0. The van der Waals surface area contributed by atoms with Crippen LogP contribution < -0.4 is 5.32 Å². The van der Waals surface area contributed by atoms with Crippen molar-refractivity contribution < 1.29 is 4.79 Å². The van der Waals surface area contributed by atoms with Crippen LogP contribution in [0.1, 0.15) is 31.7 Å². The number of likely N-dealkylation sites (N-methyl/N-ethyl adjacent to an activating group) is 1. The van der Waals surface area contributed by atoms with Gasteiger partial charge in [0, 0.05) is 37.4 Å². The van der Waals surface area contributed by atoms with E-state index in [0.717, 1.165) is 37.3 Å². The zero-order valence-electron chi connectivity index (χ0n) is 13.2. The third-order valence-electron chi connectivity index (χ3n) is 5.05. The number of carbonyl (C=O) groups excluding carboxylic acids is 1. The van der Waals surface area contributed by atoms with E-state index in [0.29, 0.717) is 18.0 Å². The Hall–Kier alpha value is -1.55. The Morgan fingerprint density at radius 3 is 2.57 bits per heavy atom. The number of para-hydroxylation sites is 1. The highest BCUT2D eigenvalue weighted by molar-refractivity contribution is 5.86. The molecule has 0 aliphatic carbocycles. The van der Waals surface area contributed by atoms with Gasteiger partial charge in [-0.3, -0.25) is 9.69 Å². The third kappa shape index (κ3) is 2.64. The first-order valence-electron chi connectivity index (χ1n) is 7.91. The Morgan fingerprint density at radius 1 is 1.19 bits per heavy atom. The molecule has 3 rings (SSSR count). The predicted octanol–water partition coefficient (Wildman–Crippen LogP) is 2.14. The van der Waals surface area contributed by atoms with E-state index in [1.165, 1.54) is 0 Å². The number of anilines is 1. The summed E-state index contributed by atoms with van der Waals surface area (Å²) in [5.41, 5.74) is 2.28. The number of nitrogens with one attached hydrogen (secondary N) is 1. The highest BCUT2D eigenvalue weighted by atomic mass is 16.2. The van der Waals surface area contributed by atoms with E-state index in [1.54, 1.807) is 0 Å². The molecule has 1 N–H and O–H groups in total. The third-order valence-corrected chi connectivity index (χ3v) is 5.05. The van der Waals surface area contributed by atoms with Gasteiger partial charge in [-0.25, -0.2) is 0 Å². The van der Waals surface area contributed by atoms with Gasteiger partial charge in [-0.1, -0.05) is 18.2 Å². The Balaban J connectivity index is 1.80. The first-order chi connectivity index (χ1) is 10.1. The molecule has 0 saturated carbocycles. The van der Waals surface area contributed by atoms with E-state index in [4.69, 9.17) is 0 Å². The zero-order valence-corrected chi connectivity index (χ0v) is 13.2. The van der Waals surface area contributed by atoms with Gasteiger partial charge in [0.15, 0.2) is 0 Å². The van der Waals surface area contributed by atoms with Crippen LogP contribution in [-0.4, -0.2) is 54.5 Å². The molecule has 21 heavy (non-hydrogen) atoms. The quantitative estimate of drug-likeness (QED) is 0.859. The molecular formula is C17H25N3O. The second-order valence-electron chi connectivity index (χ2n) is 6.46. The first-order valence-corrected chi connectivity index (χ1v) is 7.91. The van der Waals surface area contributed by atoms with Gasteiger partial charge in [0.1, 0.15) is 0 Å². The van der Waals surface area contributed by atoms with Gasteiger partial charge in [0.05, 0.1) is 5.92 Å². The standard InChI is InChI=1S/C17H25N3O/c1-12-10-20(11-13(2)19(12)3)17(21)15-8-9-18-16-7-5-4-6-14(15)16/h4-7,12-13,15,18H,8-11H2,1-3H3. The molecule has 1 aromatic rings. The number of hydrogen-bond acceptors (Lipinski definition) is 3. The van der Waals surface area contributed by atoms with Crippen LogP contribution in [0.25, 0.3) is 0 Å². The van der Waals surface area contributed by atoms with E-state index in [9.17, 15) is 4.79 Å². The van der Waals surface area contributed by atoms with Crippen molar-refractivity contribution in [3.63, 3.8) is 0 Å². The fraction of sp³-hybridized carbons (Fsp3) is 0.588. The molecule has 2 aliphatic rings. The van der Waals surface area contributed by atoms with Crippen molar-refractivity contribution in [2.24, 2.45) is 0 Å². The minimum absolute atomic E-state index is 0.0188. The molecule has 1 amide bonds. The van der Waals surface area contributed by atoms with Crippen LogP contribution in [0.4, 0.5) is 5.69 Å². The number of benzene rings is 1. The van der Waals surface area contributed by atoms with Crippen LogP contribution in [0.3, 0.4) is 0 Å². The predicted molar refractivity (Wildman–Crippen MR) is 85.6 cm³/mol. The minimum Gasteiger partial charge on any atom is -0.385 e. The summed E-state index contributed by atoms with van der Waals surface area (Å²) in [5.74, 6) is 0.320. The lowest BCUT2D eigenvalue weighted by Crippen LogP contribution is -2.57. The largest absolute Gasteiger partial charge is 0.385 e. The Bertz CT molecular complexity index is 519.